The first-order chi connectivity index (χ1) is 10.2. The summed E-state index contributed by atoms with van der Waals surface area (Å²) >= 11 is 3.53. The van der Waals surface area contributed by atoms with Gasteiger partial charge in [-0.3, -0.25) is 9.79 Å². The van der Waals surface area contributed by atoms with E-state index in [0.717, 1.165) is 33.5 Å². The molecule has 0 bridgehead atoms. The molecule has 3 rings (SSSR count). The van der Waals surface area contributed by atoms with E-state index in [1.807, 2.05) is 24.3 Å². The molecule has 2 heterocycles. The van der Waals surface area contributed by atoms with Crippen molar-refractivity contribution in [1.82, 2.24) is 14.3 Å². The number of anilines is 1. The molecule has 0 saturated carbocycles. The van der Waals surface area contributed by atoms with Crippen molar-refractivity contribution in [2.75, 3.05) is 12.8 Å². The summed E-state index contributed by atoms with van der Waals surface area (Å²) in [6, 6.07) is 7.74. The minimum Gasteiger partial charge on any atom is -0.374 e. The van der Waals surface area contributed by atoms with E-state index < -0.39 is 0 Å². The second kappa shape index (κ2) is 5.88. The minimum absolute atomic E-state index is 0.201. The van der Waals surface area contributed by atoms with Crippen molar-refractivity contribution >= 4 is 60.8 Å². The molecule has 0 amide bonds. The van der Waals surface area contributed by atoms with Crippen LogP contribution in [0.4, 0.5) is 5.13 Å². The van der Waals surface area contributed by atoms with Gasteiger partial charge in [-0.1, -0.05) is 12.1 Å². The average Bonchev–Trinajstić information content (AvgIpc) is 3.05. The van der Waals surface area contributed by atoms with Gasteiger partial charge in [0.2, 0.25) is 5.12 Å². The van der Waals surface area contributed by atoms with E-state index >= 15 is 0 Å². The Hall–Kier alpha value is -1.84. The highest BCUT2D eigenvalue weighted by molar-refractivity contribution is 8.16. The van der Waals surface area contributed by atoms with Crippen LogP contribution in [0.25, 0.3) is 10.2 Å². The van der Waals surface area contributed by atoms with Gasteiger partial charge in [-0.25, -0.2) is 4.98 Å². The third kappa shape index (κ3) is 2.94. The lowest BCUT2D eigenvalue weighted by Crippen LogP contribution is -2.13. The van der Waals surface area contributed by atoms with Crippen LogP contribution in [-0.4, -0.2) is 32.2 Å². The molecule has 2 N–H and O–H groups in total. The van der Waals surface area contributed by atoms with E-state index in [1.165, 1.54) is 18.4 Å². The first kappa shape index (κ1) is 14.1. The second-order valence-electron chi connectivity index (χ2n) is 3.87. The summed E-state index contributed by atoms with van der Waals surface area (Å²) in [7, 11) is 1.53. The maximum absolute atomic E-state index is 12.3. The van der Waals surface area contributed by atoms with Gasteiger partial charge >= 0.3 is 0 Å². The molecule has 0 aliphatic rings. The number of fused-ring (bicyclic) bond motifs is 1. The zero-order valence-electron chi connectivity index (χ0n) is 10.8. The van der Waals surface area contributed by atoms with Crippen LogP contribution in [-0.2, 0) is 4.79 Å². The molecule has 0 radical (unpaired) electrons. The molecule has 0 aliphatic heterocycles. The van der Waals surface area contributed by atoms with Gasteiger partial charge in [-0.15, -0.1) is 11.3 Å². The van der Waals surface area contributed by atoms with Crippen LogP contribution < -0.4 is 5.73 Å². The number of rotatable bonds is 3. The van der Waals surface area contributed by atoms with Gasteiger partial charge in [0.1, 0.15) is 0 Å². The van der Waals surface area contributed by atoms with Crippen LogP contribution in [0, 0.1) is 0 Å². The van der Waals surface area contributed by atoms with Crippen LogP contribution in [0.5, 0.6) is 0 Å². The van der Waals surface area contributed by atoms with Crippen LogP contribution in [0.2, 0.25) is 0 Å². The number of thiazole rings is 1. The minimum atomic E-state index is -0.241. The van der Waals surface area contributed by atoms with E-state index in [0.29, 0.717) is 9.47 Å². The Balaban J connectivity index is 1.84. The predicted octanol–water partition coefficient (Wildman–Crippen LogP) is 2.47. The maximum Gasteiger partial charge on any atom is 0.248 e. The van der Waals surface area contributed by atoms with E-state index in [2.05, 4.69) is 19.3 Å². The number of nitrogens with zero attached hydrogens (tertiary/aromatic N) is 4. The number of nitrogen functional groups attached to an aromatic ring is 1. The van der Waals surface area contributed by atoms with E-state index in [-0.39, 0.29) is 16.7 Å². The summed E-state index contributed by atoms with van der Waals surface area (Å²) in [6.07, 6.45) is 0. The molecule has 6 nitrogen and oxygen atoms in total. The van der Waals surface area contributed by atoms with Crippen molar-refractivity contribution in [1.29, 1.82) is 0 Å². The molecule has 0 unspecified atom stereocenters. The highest BCUT2D eigenvalue weighted by Crippen LogP contribution is 2.30. The quantitative estimate of drug-likeness (QED) is 0.584. The lowest BCUT2D eigenvalue weighted by atomic mass is 10.3. The van der Waals surface area contributed by atoms with Gasteiger partial charge in [-0.2, -0.15) is 9.36 Å². The molecule has 1 aromatic carbocycles. The lowest BCUT2D eigenvalue weighted by Gasteiger charge is -1.97. The number of carbonyl (C=O) groups is 1. The summed E-state index contributed by atoms with van der Waals surface area (Å²) in [5.41, 5.74) is 6.62. The Labute approximate surface area is 132 Å². The topological polar surface area (TPSA) is 94.1 Å². The summed E-state index contributed by atoms with van der Waals surface area (Å²) in [5, 5.41) is 0.0679. The first-order valence-corrected chi connectivity index (χ1v) is 8.22. The molecule has 0 aliphatic carbocycles. The maximum atomic E-state index is 12.3. The number of aliphatic imine (C=N–C) groups is 1. The number of benzene rings is 1. The summed E-state index contributed by atoms with van der Waals surface area (Å²) in [6.45, 7) is 0. The summed E-state index contributed by atoms with van der Waals surface area (Å²) in [5.74, 6) is 0.263. The molecule has 21 heavy (non-hydrogen) atoms. The van der Waals surface area contributed by atoms with Gasteiger partial charge in [0.25, 0.3) is 0 Å². The number of hydrogen-bond donors (Lipinski definition) is 1. The third-order valence-corrected chi connectivity index (χ3v) is 5.04. The van der Waals surface area contributed by atoms with Gasteiger partial charge in [0.05, 0.1) is 10.2 Å². The van der Waals surface area contributed by atoms with Gasteiger partial charge in [-0.05, 0) is 23.9 Å². The van der Waals surface area contributed by atoms with E-state index in [9.17, 15) is 4.79 Å². The monoisotopic (exact) mass is 335 g/mol. The largest absolute Gasteiger partial charge is 0.374 e. The molecule has 3 aromatic rings. The van der Waals surface area contributed by atoms with Crippen molar-refractivity contribution in [2.24, 2.45) is 4.99 Å². The molecule has 0 fully saturated rings. The summed E-state index contributed by atoms with van der Waals surface area (Å²) < 4.78 is 5.73. The number of para-hydroxylation sites is 1. The molecule has 2 aromatic heterocycles. The Morgan fingerprint density at radius 3 is 2.81 bits per heavy atom. The van der Waals surface area contributed by atoms with Crippen LogP contribution in [0.15, 0.2) is 33.6 Å². The van der Waals surface area contributed by atoms with Crippen LogP contribution >= 0.6 is 34.6 Å². The molecule has 106 valence electrons. The fourth-order valence-electron chi connectivity index (χ4n) is 1.64. The Kier molecular flexibility index (Phi) is 3.95. The number of thioether (sulfide) groups is 1. The van der Waals surface area contributed by atoms with Crippen molar-refractivity contribution in [2.45, 2.75) is 4.34 Å². The van der Waals surface area contributed by atoms with Crippen molar-refractivity contribution in [3.8, 4) is 0 Å². The van der Waals surface area contributed by atoms with E-state index in [4.69, 9.17) is 5.73 Å². The fraction of sp³-hybridized carbons (Fsp3) is 0.0833. The average molecular weight is 335 g/mol. The van der Waals surface area contributed by atoms with Crippen molar-refractivity contribution in [3.63, 3.8) is 0 Å². The molecular weight excluding hydrogens is 326 g/mol. The number of aromatic nitrogens is 3. The summed E-state index contributed by atoms with van der Waals surface area (Å²) in [4.78, 5) is 24.7. The molecule has 0 spiro atoms. The van der Waals surface area contributed by atoms with Crippen LogP contribution in [0.1, 0.15) is 5.82 Å². The lowest BCUT2D eigenvalue weighted by molar-refractivity contribution is -0.105. The van der Waals surface area contributed by atoms with Gasteiger partial charge in [0.15, 0.2) is 21.0 Å². The second-order valence-corrected chi connectivity index (χ2v) is 6.90. The first-order valence-electron chi connectivity index (χ1n) is 5.81. The smallest absolute Gasteiger partial charge is 0.248 e. The Morgan fingerprint density at radius 1 is 1.33 bits per heavy atom. The zero-order chi connectivity index (χ0) is 14.8. The number of nitrogens with two attached hydrogens (primary N) is 1. The van der Waals surface area contributed by atoms with Crippen molar-refractivity contribution in [3.05, 3.63) is 30.1 Å². The number of carbonyl (C=O) groups excluding carboxylic acids is 1. The van der Waals surface area contributed by atoms with Gasteiger partial charge < -0.3 is 5.73 Å². The Morgan fingerprint density at radius 2 is 2.14 bits per heavy atom. The highest BCUT2D eigenvalue weighted by Gasteiger charge is 2.20. The predicted molar refractivity (Wildman–Crippen MR) is 87.3 cm³/mol. The van der Waals surface area contributed by atoms with Gasteiger partial charge in [0, 0.05) is 18.6 Å². The standard InChI is InChI=1S/C12H9N5OS3/c1-14-8(9-16-11(13)21-17-9)10(18)20-12-15-6-4-2-3-5-7(6)19-12/h2-5H,1H3,(H2,13,16,17). The van der Waals surface area contributed by atoms with Crippen LogP contribution in [0.3, 0.4) is 0 Å². The Bertz CT molecular complexity index is 805. The number of hydrogen-bond acceptors (Lipinski definition) is 9. The molecule has 0 atom stereocenters. The third-order valence-electron chi connectivity index (χ3n) is 2.52. The molecular formula is C12H9N5OS3. The zero-order valence-corrected chi connectivity index (χ0v) is 13.3. The molecule has 9 heteroatoms. The highest BCUT2D eigenvalue weighted by atomic mass is 32.2. The SMILES string of the molecule is CN=C(C(=O)Sc1nc2ccccc2s1)c1nsc(N)n1. The normalized spacial score (nSPS) is 12.0. The van der Waals surface area contributed by atoms with Crippen molar-refractivity contribution < 1.29 is 4.79 Å². The van der Waals surface area contributed by atoms with E-state index in [1.54, 1.807) is 0 Å². The fourth-order valence-corrected chi connectivity index (χ4v) is 4.01. The molecule has 0 saturated heterocycles.